The zero-order valence-corrected chi connectivity index (χ0v) is 30.5. The van der Waals surface area contributed by atoms with Crippen LogP contribution in [-0.2, 0) is 0 Å². The minimum absolute atomic E-state index is 0.714. The first-order valence-electron chi connectivity index (χ1n) is 19.2. The first kappa shape index (κ1) is 32.0. The smallest absolute Gasteiger partial charge is 0.160 e. The second-order valence-electron chi connectivity index (χ2n) is 14.5. The molecule has 0 atom stereocenters. The van der Waals surface area contributed by atoms with Crippen LogP contribution in [0.4, 0.5) is 0 Å². The predicted molar refractivity (Wildman–Crippen MR) is 237 cm³/mol. The van der Waals surface area contributed by atoms with Gasteiger partial charge in [-0.05, 0) is 88.2 Å². The number of aromatic nitrogens is 2. The third-order valence-electron chi connectivity index (χ3n) is 11.3. The maximum Gasteiger partial charge on any atom is 0.160 e. The molecule has 0 fully saturated rings. The van der Waals surface area contributed by atoms with Crippen molar-refractivity contribution in [3.63, 3.8) is 0 Å². The van der Waals surface area contributed by atoms with Crippen LogP contribution in [0.25, 0.3) is 110 Å². The fourth-order valence-corrected chi connectivity index (χ4v) is 8.60. The van der Waals surface area contributed by atoms with Crippen LogP contribution in [0.15, 0.2) is 206 Å². The van der Waals surface area contributed by atoms with Gasteiger partial charge in [-0.25, -0.2) is 9.97 Å². The Morgan fingerprint density at radius 3 is 1.61 bits per heavy atom. The summed E-state index contributed by atoms with van der Waals surface area (Å²) >= 11 is 0. The first-order chi connectivity index (χ1) is 27.8. The summed E-state index contributed by atoms with van der Waals surface area (Å²) in [7, 11) is 0. The molecular weight excluding hydrogens is 677 g/mol. The molecule has 0 unspecified atom stereocenters. The number of benzene rings is 10. The summed E-state index contributed by atoms with van der Waals surface area (Å²) in [6, 6.07) is 74.1. The van der Waals surface area contributed by atoms with Crippen molar-refractivity contribution in [2.24, 2.45) is 0 Å². The molecule has 0 saturated heterocycles. The predicted octanol–water partition coefficient (Wildman–Crippen LogP) is 14.6. The molecule has 0 aliphatic rings. The Kier molecular flexibility index (Phi) is 7.53. The fourth-order valence-electron chi connectivity index (χ4n) is 8.60. The monoisotopic (exact) mass is 710 g/mol. The van der Waals surface area contributed by atoms with Crippen molar-refractivity contribution in [3.8, 4) is 56.2 Å². The Balaban J connectivity index is 1.05. The Labute approximate surface area is 325 Å². The molecule has 1 aromatic heterocycles. The fraction of sp³-hybridized carbons (Fsp3) is 0. The zero-order chi connectivity index (χ0) is 37.0. The zero-order valence-electron chi connectivity index (χ0n) is 30.5. The molecule has 0 N–H and O–H groups in total. The Bertz CT molecular complexity index is 3290. The van der Waals surface area contributed by atoms with Gasteiger partial charge in [0.15, 0.2) is 5.82 Å². The minimum Gasteiger partial charge on any atom is -0.228 e. The van der Waals surface area contributed by atoms with Crippen molar-refractivity contribution in [2.75, 3.05) is 0 Å². The van der Waals surface area contributed by atoms with E-state index in [0.717, 1.165) is 33.6 Å². The van der Waals surface area contributed by atoms with E-state index in [1.54, 1.807) is 0 Å². The van der Waals surface area contributed by atoms with Crippen LogP contribution >= 0.6 is 0 Å². The van der Waals surface area contributed by atoms with Gasteiger partial charge < -0.3 is 0 Å². The molecule has 10 aromatic carbocycles. The molecule has 2 heteroatoms. The molecule has 0 saturated carbocycles. The molecule has 11 rings (SSSR count). The highest BCUT2D eigenvalue weighted by Gasteiger charge is 2.17. The van der Waals surface area contributed by atoms with Crippen LogP contribution in [0.5, 0.6) is 0 Å². The van der Waals surface area contributed by atoms with Crippen molar-refractivity contribution in [3.05, 3.63) is 206 Å². The molecule has 56 heavy (non-hydrogen) atoms. The lowest BCUT2D eigenvalue weighted by Gasteiger charge is -2.17. The standard InChI is InChI=1S/C54H34N2/c1-2-15-39(16-3-1)54-55-51(34-52(56-54)47-24-12-18-35-13-4-7-19-41(35)47)38-27-25-37(26-28-38)43-31-32-48(46-23-11-10-22-45(43)46)53-44-21-9-6-17-40(44)33-50-42-20-8-5-14-36(42)29-30-49(50)53/h1-34H. The van der Waals surface area contributed by atoms with Gasteiger partial charge >= 0.3 is 0 Å². The number of rotatable bonds is 5. The highest BCUT2D eigenvalue weighted by Crippen LogP contribution is 2.44. The van der Waals surface area contributed by atoms with E-state index in [1.807, 2.05) is 18.2 Å². The first-order valence-corrected chi connectivity index (χ1v) is 19.2. The van der Waals surface area contributed by atoms with Gasteiger partial charge in [0.05, 0.1) is 11.4 Å². The average Bonchev–Trinajstić information content (AvgIpc) is 3.28. The van der Waals surface area contributed by atoms with E-state index in [0.29, 0.717) is 5.82 Å². The summed E-state index contributed by atoms with van der Waals surface area (Å²) in [5, 5.41) is 12.4. The molecule has 0 spiro atoms. The normalized spacial score (nSPS) is 11.6. The third kappa shape index (κ3) is 5.34. The van der Waals surface area contributed by atoms with E-state index in [9.17, 15) is 0 Å². The maximum absolute atomic E-state index is 5.13. The quantitative estimate of drug-likeness (QED) is 0.131. The topological polar surface area (TPSA) is 25.8 Å². The lowest BCUT2D eigenvalue weighted by Crippen LogP contribution is -1.96. The lowest BCUT2D eigenvalue weighted by molar-refractivity contribution is 1.18. The van der Waals surface area contributed by atoms with Crippen LogP contribution in [-0.4, -0.2) is 9.97 Å². The molecule has 0 amide bonds. The van der Waals surface area contributed by atoms with Gasteiger partial charge in [0.25, 0.3) is 0 Å². The molecule has 2 nitrogen and oxygen atoms in total. The van der Waals surface area contributed by atoms with Crippen LogP contribution in [0.3, 0.4) is 0 Å². The summed E-state index contributed by atoms with van der Waals surface area (Å²) in [6.07, 6.45) is 0. The highest BCUT2D eigenvalue weighted by molar-refractivity contribution is 6.23. The van der Waals surface area contributed by atoms with E-state index in [2.05, 4.69) is 188 Å². The van der Waals surface area contributed by atoms with Crippen molar-refractivity contribution < 1.29 is 0 Å². The van der Waals surface area contributed by atoms with Gasteiger partial charge in [0.2, 0.25) is 0 Å². The summed E-state index contributed by atoms with van der Waals surface area (Å²) in [5.41, 5.74) is 9.83. The summed E-state index contributed by atoms with van der Waals surface area (Å²) < 4.78 is 0. The third-order valence-corrected chi connectivity index (χ3v) is 11.3. The van der Waals surface area contributed by atoms with Crippen LogP contribution in [0.2, 0.25) is 0 Å². The molecule has 0 bridgehead atoms. The van der Waals surface area contributed by atoms with E-state index >= 15 is 0 Å². The average molecular weight is 711 g/mol. The van der Waals surface area contributed by atoms with Crippen LogP contribution in [0, 0.1) is 0 Å². The molecule has 1 heterocycles. The van der Waals surface area contributed by atoms with Gasteiger partial charge in [-0.1, -0.05) is 194 Å². The van der Waals surface area contributed by atoms with E-state index in [4.69, 9.17) is 9.97 Å². The number of fused-ring (bicyclic) bond motifs is 6. The number of hydrogen-bond donors (Lipinski definition) is 0. The molecule has 0 aliphatic carbocycles. The second kappa shape index (κ2) is 13.2. The number of hydrogen-bond acceptors (Lipinski definition) is 2. The molecule has 0 radical (unpaired) electrons. The van der Waals surface area contributed by atoms with Crippen molar-refractivity contribution in [1.29, 1.82) is 0 Å². The highest BCUT2D eigenvalue weighted by atomic mass is 14.9. The summed E-state index contributed by atoms with van der Waals surface area (Å²) in [4.78, 5) is 10.3. The van der Waals surface area contributed by atoms with Crippen LogP contribution in [0.1, 0.15) is 0 Å². The molecular formula is C54H34N2. The molecule has 11 aromatic rings. The SMILES string of the molecule is c1ccc(-c2nc(-c3ccc(-c4ccc(-c5c6ccccc6cc6c5ccc5ccccc56)c5ccccc45)cc3)cc(-c3cccc4ccccc34)n2)cc1. The second-order valence-corrected chi connectivity index (χ2v) is 14.5. The van der Waals surface area contributed by atoms with E-state index < -0.39 is 0 Å². The van der Waals surface area contributed by atoms with E-state index in [-0.39, 0.29) is 0 Å². The van der Waals surface area contributed by atoms with Gasteiger partial charge in [-0.15, -0.1) is 0 Å². The summed E-state index contributed by atoms with van der Waals surface area (Å²) in [5.74, 6) is 0.714. The van der Waals surface area contributed by atoms with Crippen molar-refractivity contribution in [1.82, 2.24) is 9.97 Å². The van der Waals surface area contributed by atoms with E-state index in [1.165, 1.54) is 70.6 Å². The maximum atomic E-state index is 5.13. The Hall–Kier alpha value is -7.42. The number of nitrogens with zero attached hydrogens (tertiary/aromatic N) is 2. The summed E-state index contributed by atoms with van der Waals surface area (Å²) in [6.45, 7) is 0. The molecule has 260 valence electrons. The van der Waals surface area contributed by atoms with Crippen molar-refractivity contribution in [2.45, 2.75) is 0 Å². The van der Waals surface area contributed by atoms with Crippen molar-refractivity contribution >= 4 is 53.9 Å². The van der Waals surface area contributed by atoms with Crippen LogP contribution < -0.4 is 0 Å². The van der Waals surface area contributed by atoms with Gasteiger partial charge in [0.1, 0.15) is 0 Å². The minimum atomic E-state index is 0.714. The van der Waals surface area contributed by atoms with Gasteiger partial charge in [-0.2, -0.15) is 0 Å². The van der Waals surface area contributed by atoms with Gasteiger partial charge in [0, 0.05) is 16.7 Å². The Morgan fingerprint density at radius 1 is 0.250 bits per heavy atom. The Morgan fingerprint density at radius 2 is 0.821 bits per heavy atom. The largest absolute Gasteiger partial charge is 0.228 e. The molecule has 0 aliphatic heterocycles. The lowest BCUT2D eigenvalue weighted by atomic mass is 9.86. The van der Waals surface area contributed by atoms with Gasteiger partial charge in [-0.3, -0.25) is 0 Å².